The smallest absolute Gasteiger partial charge is 0.336 e. The van der Waals surface area contributed by atoms with Crippen molar-refractivity contribution in [2.24, 2.45) is 5.73 Å². The lowest BCUT2D eigenvalue weighted by Crippen LogP contribution is -2.50. The fourth-order valence-corrected chi connectivity index (χ4v) is 2.86. The molecule has 1 saturated heterocycles. The molecular formula is C19H26N2O6. The van der Waals surface area contributed by atoms with Crippen LogP contribution in [0.25, 0.3) is 0 Å². The molecule has 4 atom stereocenters. The number of Topliss-reactive ketones (excluding diaryl/α,β-unsaturated/α-hetero) is 1. The van der Waals surface area contributed by atoms with Gasteiger partial charge in [0.25, 0.3) is 5.91 Å². The Morgan fingerprint density at radius 2 is 1.93 bits per heavy atom. The molecule has 1 fully saturated rings. The Balaban J connectivity index is 1.96. The first-order valence-corrected chi connectivity index (χ1v) is 8.95. The number of unbranched alkanes of at least 4 members (excludes halogenated alkanes) is 1. The number of ketones is 1. The van der Waals surface area contributed by atoms with Crippen molar-refractivity contribution in [2.45, 2.75) is 50.0 Å². The van der Waals surface area contributed by atoms with Gasteiger partial charge in [-0.15, -0.1) is 0 Å². The quantitative estimate of drug-likeness (QED) is 0.352. The van der Waals surface area contributed by atoms with E-state index in [1.807, 2.05) is 30.3 Å². The van der Waals surface area contributed by atoms with Crippen molar-refractivity contribution in [1.82, 2.24) is 5.32 Å². The van der Waals surface area contributed by atoms with Crippen molar-refractivity contribution in [1.29, 1.82) is 0 Å². The van der Waals surface area contributed by atoms with Gasteiger partial charge < -0.3 is 25.6 Å². The maximum Gasteiger partial charge on any atom is 0.336 e. The summed E-state index contributed by atoms with van der Waals surface area (Å²) in [5.74, 6) is -2.07. The fraction of sp³-hybridized carbons (Fsp3) is 0.526. The summed E-state index contributed by atoms with van der Waals surface area (Å²) in [5, 5.41) is 11.5. The molecule has 1 aromatic rings. The predicted molar refractivity (Wildman–Crippen MR) is 97.1 cm³/mol. The molecule has 1 unspecified atom stereocenters. The van der Waals surface area contributed by atoms with Crippen molar-refractivity contribution in [2.75, 3.05) is 13.7 Å². The van der Waals surface area contributed by atoms with E-state index in [0.29, 0.717) is 25.9 Å². The molecule has 0 aliphatic carbocycles. The maximum atomic E-state index is 12.8. The monoisotopic (exact) mass is 378 g/mol. The maximum absolute atomic E-state index is 12.8. The SMILES string of the molecule is COCCCCC(NC(=O)[C@H]1O[C@@H]1C(=O)O)C(=O)[C@@H](N)Cc1ccccc1. The Kier molecular flexibility index (Phi) is 7.90. The Morgan fingerprint density at radius 3 is 2.52 bits per heavy atom. The van der Waals surface area contributed by atoms with Gasteiger partial charge in [-0.3, -0.25) is 9.59 Å². The first-order valence-electron chi connectivity index (χ1n) is 8.95. The van der Waals surface area contributed by atoms with E-state index in [4.69, 9.17) is 20.3 Å². The highest BCUT2D eigenvalue weighted by Gasteiger charge is 2.51. The number of amides is 1. The van der Waals surface area contributed by atoms with E-state index in [1.165, 1.54) is 0 Å². The van der Waals surface area contributed by atoms with Crippen LogP contribution in [0.5, 0.6) is 0 Å². The summed E-state index contributed by atoms with van der Waals surface area (Å²) < 4.78 is 9.84. The number of aliphatic carboxylic acids is 1. The molecule has 1 aliphatic rings. The number of epoxide rings is 1. The summed E-state index contributed by atoms with van der Waals surface area (Å²) in [6.45, 7) is 0.553. The number of methoxy groups -OCH3 is 1. The lowest BCUT2D eigenvalue weighted by atomic mass is 9.95. The zero-order valence-corrected chi connectivity index (χ0v) is 15.3. The Labute approximate surface area is 158 Å². The van der Waals surface area contributed by atoms with Gasteiger partial charge in [-0.25, -0.2) is 4.79 Å². The van der Waals surface area contributed by atoms with Crippen molar-refractivity contribution in [3.8, 4) is 0 Å². The number of nitrogens with one attached hydrogen (secondary N) is 1. The number of benzene rings is 1. The van der Waals surface area contributed by atoms with Crippen LogP contribution < -0.4 is 11.1 Å². The number of carbonyl (C=O) groups is 3. The topological polar surface area (TPSA) is 131 Å². The minimum absolute atomic E-state index is 0.280. The third kappa shape index (κ3) is 6.42. The third-order valence-corrected chi connectivity index (χ3v) is 4.41. The van der Waals surface area contributed by atoms with E-state index in [9.17, 15) is 14.4 Å². The molecule has 0 saturated carbocycles. The standard InChI is InChI=1S/C19H26N2O6/c1-26-10-6-5-9-14(21-18(23)16-17(27-16)19(24)25)15(22)13(20)11-12-7-3-2-4-8-12/h2-4,7-8,13-14,16-17H,5-6,9-11,20H2,1H3,(H,21,23)(H,24,25)/t13-,14?,16-,17-/m0/s1. The van der Waals surface area contributed by atoms with E-state index < -0.39 is 36.2 Å². The van der Waals surface area contributed by atoms with Gasteiger partial charge in [-0.2, -0.15) is 0 Å². The van der Waals surface area contributed by atoms with E-state index in [-0.39, 0.29) is 5.78 Å². The molecule has 0 spiro atoms. The third-order valence-electron chi connectivity index (χ3n) is 4.41. The molecule has 0 aromatic heterocycles. The molecule has 4 N–H and O–H groups in total. The summed E-state index contributed by atoms with van der Waals surface area (Å²) in [5.41, 5.74) is 7.00. The van der Waals surface area contributed by atoms with Crippen LogP contribution in [-0.2, 0) is 30.3 Å². The second-order valence-corrected chi connectivity index (χ2v) is 6.56. The number of rotatable bonds is 12. The van der Waals surface area contributed by atoms with Crippen LogP contribution in [0.4, 0.5) is 0 Å². The molecule has 1 heterocycles. The van der Waals surface area contributed by atoms with Gasteiger partial charge in [0.2, 0.25) is 0 Å². The fourth-order valence-electron chi connectivity index (χ4n) is 2.86. The van der Waals surface area contributed by atoms with Gasteiger partial charge in [0.15, 0.2) is 18.0 Å². The van der Waals surface area contributed by atoms with Gasteiger partial charge in [-0.05, 0) is 31.2 Å². The number of hydrogen-bond donors (Lipinski definition) is 3. The second kappa shape index (κ2) is 10.1. The van der Waals surface area contributed by atoms with Crippen molar-refractivity contribution < 1.29 is 29.0 Å². The Morgan fingerprint density at radius 1 is 1.22 bits per heavy atom. The molecule has 1 aromatic carbocycles. The predicted octanol–water partition coefficient (Wildman–Crippen LogP) is 0.279. The highest BCUT2D eigenvalue weighted by atomic mass is 16.6. The van der Waals surface area contributed by atoms with Crippen molar-refractivity contribution >= 4 is 17.7 Å². The lowest BCUT2D eigenvalue weighted by molar-refractivity contribution is -0.138. The summed E-state index contributed by atoms with van der Waals surface area (Å²) in [6.07, 6.45) is -0.0321. The minimum atomic E-state index is -1.20. The zero-order valence-electron chi connectivity index (χ0n) is 15.3. The highest BCUT2D eigenvalue weighted by Crippen LogP contribution is 2.22. The molecule has 1 aliphatic heterocycles. The van der Waals surface area contributed by atoms with Crippen LogP contribution in [0, 0.1) is 0 Å². The van der Waals surface area contributed by atoms with Crippen molar-refractivity contribution in [3.63, 3.8) is 0 Å². The Bertz CT molecular complexity index is 651. The van der Waals surface area contributed by atoms with Crippen molar-refractivity contribution in [3.05, 3.63) is 35.9 Å². The summed E-state index contributed by atoms with van der Waals surface area (Å²) in [7, 11) is 1.59. The summed E-state index contributed by atoms with van der Waals surface area (Å²) >= 11 is 0. The van der Waals surface area contributed by atoms with Crippen LogP contribution in [-0.4, -0.2) is 60.8 Å². The molecule has 2 rings (SSSR count). The Hall–Kier alpha value is -2.29. The first kappa shape index (κ1) is 21.0. The lowest BCUT2D eigenvalue weighted by Gasteiger charge is -2.21. The van der Waals surface area contributed by atoms with Gasteiger partial charge >= 0.3 is 5.97 Å². The minimum Gasteiger partial charge on any atom is -0.479 e. The zero-order chi connectivity index (χ0) is 19.8. The molecule has 8 heteroatoms. The first-order chi connectivity index (χ1) is 12.9. The number of nitrogens with two attached hydrogens (primary N) is 1. The van der Waals surface area contributed by atoms with E-state index in [1.54, 1.807) is 7.11 Å². The average Bonchev–Trinajstić information content (AvgIpc) is 3.45. The molecule has 1 amide bonds. The number of carboxylic acids is 1. The summed E-state index contributed by atoms with van der Waals surface area (Å²) in [6, 6.07) is 7.83. The molecular weight excluding hydrogens is 352 g/mol. The van der Waals surface area contributed by atoms with Gasteiger partial charge in [0.05, 0.1) is 12.1 Å². The van der Waals surface area contributed by atoms with Crippen LogP contribution >= 0.6 is 0 Å². The van der Waals surface area contributed by atoms with Crippen LogP contribution in [0.2, 0.25) is 0 Å². The van der Waals surface area contributed by atoms with Crippen LogP contribution in [0.1, 0.15) is 24.8 Å². The summed E-state index contributed by atoms with van der Waals surface area (Å²) in [4.78, 5) is 35.8. The van der Waals surface area contributed by atoms with Crippen LogP contribution in [0.3, 0.4) is 0 Å². The second-order valence-electron chi connectivity index (χ2n) is 6.56. The van der Waals surface area contributed by atoms with E-state index in [0.717, 1.165) is 12.0 Å². The average molecular weight is 378 g/mol. The highest BCUT2D eigenvalue weighted by molar-refractivity contribution is 5.97. The molecule has 0 bridgehead atoms. The molecule has 8 nitrogen and oxygen atoms in total. The van der Waals surface area contributed by atoms with Gasteiger partial charge in [-0.1, -0.05) is 30.3 Å². The molecule has 27 heavy (non-hydrogen) atoms. The van der Waals surface area contributed by atoms with Gasteiger partial charge in [0, 0.05) is 13.7 Å². The molecule has 148 valence electrons. The number of hydrogen-bond acceptors (Lipinski definition) is 6. The van der Waals surface area contributed by atoms with E-state index in [2.05, 4.69) is 5.32 Å². The largest absolute Gasteiger partial charge is 0.479 e. The van der Waals surface area contributed by atoms with E-state index >= 15 is 0 Å². The molecule has 0 radical (unpaired) electrons. The number of carbonyl (C=O) groups excluding carboxylic acids is 2. The van der Waals surface area contributed by atoms with Gasteiger partial charge in [0.1, 0.15) is 0 Å². The normalized spacial score (nSPS) is 20.5. The van der Waals surface area contributed by atoms with Crippen LogP contribution in [0.15, 0.2) is 30.3 Å². The number of ether oxygens (including phenoxy) is 2. The number of carboxylic acid groups (broad SMARTS) is 1.